The molecule has 1 aliphatic heterocycles. The lowest BCUT2D eigenvalue weighted by Crippen LogP contribution is -2.48. The first kappa shape index (κ1) is 21.5. The van der Waals surface area contributed by atoms with E-state index in [2.05, 4.69) is 15.3 Å². The van der Waals surface area contributed by atoms with Gasteiger partial charge in [-0.05, 0) is 50.2 Å². The lowest BCUT2D eigenvalue weighted by Gasteiger charge is -2.34. The minimum Gasteiger partial charge on any atom is -0.373 e. The van der Waals surface area contributed by atoms with Gasteiger partial charge in [-0.2, -0.15) is 4.31 Å². The zero-order chi connectivity index (χ0) is 22.0. The van der Waals surface area contributed by atoms with E-state index in [4.69, 9.17) is 4.74 Å². The fourth-order valence-electron chi connectivity index (χ4n) is 3.77. The second-order valence-corrected chi connectivity index (χ2v) is 9.75. The molecule has 0 unspecified atom stereocenters. The fourth-order valence-corrected chi connectivity index (χ4v) is 5.37. The number of nitrogens with one attached hydrogen (secondary N) is 2. The van der Waals surface area contributed by atoms with Gasteiger partial charge in [0.25, 0.3) is 5.91 Å². The number of fused-ring (bicyclic) bond motifs is 1. The molecule has 0 spiro atoms. The number of nitrogens with zero attached hydrogens (tertiary/aromatic N) is 2. The summed E-state index contributed by atoms with van der Waals surface area (Å²) >= 11 is 0. The number of aromatic amines is 1. The monoisotopic (exact) mass is 442 g/mol. The highest BCUT2D eigenvalue weighted by molar-refractivity contribution is 7.89. The van der Waals surface area contributed by atoms with E-state index in [1.165, 1.54) is 28.6 Å². The average molecular weight is 443 g/mol. The molecule has 1 aliphatic rings. The molecule has 1 fully saturated rings. The fraction of sp³-hybridized carbons (Fsp3) is 0.364. The molecule has 0 bridgehead atoms. The van der Waals surface area contributed by atoms with Gasteiger partial charge in [0.1, 0.15) is 5.82 Å². The summed E-state index contributed by atoms with van der Waals surface area (Å²) in [6.07, 6.45) is 0.256. The van der Waals surface area contributed by atoms with E-state index < -0.39 is 10.0 Å². The Bertz CT molecular complexity index is 1130. The minimum absolute atomic E-state index is 0.157. The van der Waals surface area contributed by atoms with Crippen molar-refractivity contribution in [1.29, 1.82) is 0 Å². The van der Waals surface area contributed by atoms with Gasteiger partial charge in [0.15, 0.2) is 0 Å². The van der Waals surface area contributed by atoms with Crippen LogP contribution in [-0.2, 0) is 21.2 Å². The molecule has 0 radical (unpaired) electrons. The van der Waals surface area contributed by atoms with Crippen LogP contribution in [-0.4, -0.2) is 60.4 Å². The van der Waals surface area contributed by atoms with E-state index >= 15 is 0 Å². The maximum Gasteiger partial charge on any atom is 0.251 e. The number of hydrogen-bond acceptors (Lipinski definition) is 5. The van der Waals surface area contributed by atoms with Gasteiger partial charge in [0.2, 0.25) is 10.0 Å². The number of para-hydroxylation sites is 2. The van der Waals surface area contributed by atoms with E-state index in [9.17, 15) is 13.2 Å². The van der Waals surface area contributed by atoms with Crippen molar-refractivity contribution in [2.24, 2.45) is 0 Å². The van der Waals surface area contributed by atoms with E-state index in [-0.39, 0.29) is 23.0 Å². The minimum atomic E-state index is -3.63. The highest BCUT2D eigenvalue weighted by atomic mass is 32.2. The molecule has 9 heteroatoms. The van der Waals surface area contributed by atoms with Crippen molar-refractivity contribution in [1.82, 2.24) is 19.6 Å². The number of H-pyrrole nitrogens is 1. The van der Waals surface area contributed by atoms with Crippen LogP contribution < -0.4 is 5.32 Å². The number of hydrogen-bond donors (Lipinski definition) is 2. The highest BCUT2D eigenvalue weighted by Crippen LogP contribution is 2.21. The Kier molecular flexibility index (Phi) is 6.08. The van der Waals surface area contributed by atoms with Gasteiger partial charge < -0.3 is 15.0 Å². The van der Waals surface area contributed by atoms with Crippen molar-refractivity contribution >= 4 is 27.0 Å². The van der Waals surface area contributed by atoms with Crippen LogP contribution in [0, 0.1) is 0 Å². The summed E-state index contributed by atoms with van der Waals surface area (Å²) < 4.78 is 32.9. The van der Waals surface area contributed by atoms with Crippen LogP contribution >= 0.6 is 0 Å². The molecule has 1 amide bonds. The number of benzene rings is 2. The maximum atomic E-state index is 12.9. The molecule has 2 heterocycles. The van der Waals surface area contributed by atoms with Crippen LogP contribution in [0.4, 0.5) is 0 Å². The third kappa shape index (κ3) is 4.79. The molecular formula is C22H26N4O4S. The van der Waals surface area contributed by atoms with E-state index in [1.807, 2.05) is 38.1 Å². The first-order valence-electron chi connectivity index (χ1n) is 10.3. The number of imidazole rings is 1. The number of aromatic nitrogens is 2. The highest BCUT2D eigenvalue weighted by Gasteiger charge is 2.32. The van der Waals surface area contributed by atoms with E-state index in [0.29, 0.717) is 31.6 Å². The van der Waals surface area contributed by atoms with Crippen molar-refractivity contribution in [2.45, 2.75) is 37.4 Å². The Hall–Kier alpha value is -2.75. The van der Waals surface area contributed by atoms with Gasteiger partial charge >= 0.3 is 0 Å². The molecule has 0 aliphatic carbocycles. The number of ether oxygens (including phenoxy) is 1. The second kappa shape index (κ2) is 8.78. The van der Waals surface area contributed by atoms with Crippen molar-refractivity contribution < 1.29 is 17.9 Å². The normalized spacial score (nSPS) is 20.1. The number of carbonyl (C=O) groups is 1. The number of amides is 1. The first-order valence-corrected chi connectivity index (χ1v) is 11.7. The standard InChI is InChI=1S/C22H26N4O4S/c1-15-13-26(14-16(2)30-15)31(28,29)18-9-7-17(8-10-18)22(27)23-12-11-21-24-19-5-3-4-6-20(19)25-21/h3-10,15-16H,11-14H2,1-2H3,(H,23,27)(H,24,25)/t15-,16-/m1/s1. The summed E-state index contributed by atoms with van der Waals surface area (Å²) in [6.45, 7) is 4.77. The van der Waals surface area contributed by atoms with Gasteiger partial charge in [-0.3, -0.25) is 4.79 Å². The van der Waals surface area contributed by atoms with Gasteiger partial charge in [0.05, 0.1) is 28.1 Å². The molecule has 8 nitrogen and oxygen atoms in total. The van der Waals surface area contributed by atoms with Crippen LogP contribution in [0.15, 0.2) is 53.4 Å². The Morgan fingerprint density at radius 3 is 2.48 bits per heavy atom. The molecule has 1 aromatic heterocycles. The van der Waals surface area contributed by atoms with Crippen LogP contribution in [0.2, 0.25) is 0 Å². The molecule has 31 heavy (non-hydrogen) atoms. The molecule has 2 N–H and O–H groups in total. The van der Waals surface area contributed by atoms with Crippen LogP contribution in [0.3, 0.4) is 0 Å². The maximum absolute atomic E-state index is 12.9. The predicted octanol–water partition coefficient (Wildman–Crippen LogP) is 2.33. The van der Waals surface area contributed by atoms with Crippen LogP contribution in [0.5, 0.6) is 0 Å². The summed E-state index contributed by atoms with van der Waals surface area (Å²) in [6, 6.07) is 13.8. The molecular weight excluding hydrogens is 416 g/mol. The van der Waals surface area contributed by atoms with Crippen molar-refractivity contribution in [3.8, 4) is 0 Å². The van der Waals surface area contributed by atoms with Crippen molar-refractivity contribution in [2.75, 3.05) is 19.6 Å². The Morgan fingerprint density at radius 2 is 1.81 bits per heavy atom. The molecule has 0 saturated carbocycles. The third-order valence-electron chi connectivity index (χ3n) is 5.23. The van der Waals surface area contributed by atoms with Crippen LogP contribution in [0.1, 0.15) is 30.0 Å². The zero-order valence-corrected chi connectivity index (χ0v) is 18.4. The first-order chi connectivity index (χ1) is 14.8. The summed E-state index contributed by atoms with van der Waals surface area (Å²) in [4.78, 5) is 20.3. The largest absolute Gasteiger partial charge is 0.373 e. The Balaban J connectivity index is 1.36. The Labute approximate surface area is 181 Å². The SMILES string of the molecule is C[C@@H]1CN(S(=O)(=O)c2ccc(C(=O)NCCc3nc4ccccc4[nH]3)cc2)C[C@@H](C)O1. The number of sulfonamides is 1. The number of rotatable bonds is 6. The average Bonchev–Trinajstić information content (AvgIpc) is 3.16. The Morgan fingerprint density at radius 1 is 1.13 bits per heavy atom. The van der Waals surface area contributed by atoms with Crippen molar-refractivity contribution in [3.05, 3.63) is 59.9 Å². The van der Waals surface area contributed by atoms with Gasteiger partial charge in [-0.25, -0.2) is 13.4 Å². The summed E-state index contributed by atoms with van der Waals surface area (Å²) in [5.74, 6) is 0.547. The summed E-state index contributed by atoms with van der Waals surface area (Å²) in [5.41, 5.74) is 2.27. The molecule has 4 rings (SSSR count). The molecule has 2 aromatic carbocycles. The molecule has 164 valence electrons. The van der Waals surface area contributed by atoms with Crippen molar-refractivity contribution in [3.63, 3.8) is 0 Å². The lowest BCUT2D eigenvalue weighted by atomic mass is 10.2. The predicted molar refractivity (Wildman–Crippen MR) is 117 cm³/mol. The van der Waals surface area contributed by atoms with Gasteiger partial charge in [-0.15, -0.1) is 0 Å². The topological polar surface area (TPSA) is 104 Å². The number of carbonyl (C=O) groups excluding carboxylic acids is 1. The molecule has 1 saturated heterocycles. The quantitative estimate of drug-likeness (QED) is 0.610. The van der Waals surface area contributed by atoms with Gasteiger partial charge in [0, 0.05) is 31.6 Å². The third-order valence-corrected chi connectivity index (χ3v) is 7.07. The zero-order valence-electron chi connectivity index (χ0n) is 17.5. The molecule has 3 aromatic rings. The van der Waals surface area contributed by atoms with Crippen LogP contribution in [0.25, 0.3) is 11.0 Å². The van der Waals surface area contributed by atoms with Gasteiger partial charge in [-0.1, -0.05) is 12.1 Å². The van der Waals surface area contributed by atoms with E-state index in [0.717, 1.165) is 16.9 Å². The molecule has 2 atom stereocenters. The smallest absolute Gasteiger partial charge is 0.251 e. The van der Waals surface area contributed by atoms with E-state index in [1.54, 1.807) is 0 Å². The lowest BCUT2D eigenvalue weighted by molar-refractivity contribution is -0.0440. The second-order valence-electron chi connectivity index (χ2n) is 7.81. The summed E-state index contributed by atoms with van der Waals surface area (Å²) in [7, 11) is -3.63. The summed E-state index contributed by atoms with van der Waals surface area (Å²) in [5, 5.41) is 2.85. The number of morpholine rings is 1.